The van der Waals surface area contributed by atoms with Gasteiger partial charge in [0.25, 0.3) is 0 Å². The maximum Gasteiger partial charge on any atom is 0.232 e. The molecule has 0 atom stereocenters. The normalized spacial score (nSPS) is 11.6. The van der Waals surface area contributed by atoms with E-state index in [0.29, 0.717) is 11.4 Å². The van der Waals surface area contributed by atoms with E-state index < -0.39 is 10.0 Å². The molecule has 8 heteroatoms. The third-order valence-corrected chi connectivity index (χ3v) is 4.69. The predicted octanol–water partition coefficient (Wildman–Crippen LogP) is 3.78. The molecule has 0 aromatic heterocycles. The number of halogens is 3. The number of sulfonamides is 1. The van der Waals surface area contributed by atoms with Crippen LogP contribution >= 0.6 is 34.8 Å². The van der Waals surface area contributed by atoms with Crippen LogP contribution in [0.15, 0.2) is 12.1 Å². The fraction of sp³-hybridized carbons (Fsp3) is 0.500. The van der Waals surface area contributed by atoms with Gasteiger partial charge in [-0.1, -0.05) is 41.7 Å². The van der Waals surface area contributed by atoms with Crippen molar-refractivity contribution in [2.24, 2.45) is 0 Å². The molecule has 1 aromatic rings. The Morgan fingerprint density at radius 2 is 1.70 bits per heavy atom. The molecule has 0 heterocycles. The fourth-order valence-corrected chi connectivity index (χ4v) is 3.81. The first-order chi connectivity index (χ1) is 9.35. The lowest BCUT2D eigenvalue weighted by Gasteiger charge is -2.11. The molecule has 0 bridgehead atoms. The molecule has 0 spiro atoms. The second-order valence-corrected chi connectivity index (χ2v) is 7.32. The van der Waals surface area contributed by atoms with Crippen LogP contribution in [0.5, 0.6) is 0 Å². The third kappa shape index (κ3) is 6.06. The lowest BCUT2D eigenvalue weighted by Crippen LogP contribution is -2.19. The molecule has 114 valence electrons. The fourth-order valence-electron chi connectivity index (χ4n) is 1.57. The van der Waals surface area contributed by atoms with Crippen LogP contribution in [0.25, 0.3) is 0 Å². The van der Waals surface area contributed by atoms with E-state index in [1.807, 2.05) is 6.92 Å². The molecule has 0 radical (unpaired) electrons. The van der Waals surface area contributed by atoms with Gasteiger partial charge in [-0.2, -0.15) is 0 Å². The second kappa shape index (κ2) is 8.29. The topological polar surface area (TPSA) is 58.2 Å². The second-order valence-electron chi connectivity index (χ2n) is 4.23. The number of hydrogen-bond donors (Lipinski definition) is 2. The zero-order chi connectivity index (χ0) is 15.2. The van der Waals surface area contributed by atoms with Gasteiger partial charge in [0.2, 0.25) is 10.0 Å². The summed E-state index contributed by atoms with van der Waals surface area (Å²) in [4.78, 5) is 0. The number of unbranched alkanes of at least 4 members (excludes halogenated alkanes) is 1. The molecule has 2 N–H and O–H groups in total. The molecular formula is C12H17Cl3N2O2S. The summed E-state index contributed by atoms with van der Waals surface area (Å²) in [5.74, 6) is 0.0215. The molecule has 4 nitrogen and oxygen atoms in total. The Hall–Kier alpha value is -0.200. The van der Waals surface area contributed by atoms with Gasteiger partial charge >= 0.3 is 0 Å². The Morgan fingerprint density at radius 1 is 1.10 bits per heavy atom. The summed E-state index contributed by atoms with van der Waals surface area (Å²) in [6.07, 6.45) is 1.35. The molecule has 20 heavy (non-hydrogen) atoms. The van der Waals surface area contributed by atoms with E-state index in [0.717, 1.165) is 19.5 Å². The Labute approximate surface area is 134 Å². The number of anilines is 1. The highest BCUT2D eigenvalue weighted by molar-refractivity contribution is 7.92. The number of benzene rings is 1. The number of rotatable bonds is 8. The van der Waals surface area contributed by atoms with Crippen molar-refractivity contribution in [3.8, 4) is 0 Å². The summed E-state index contributed by atoms with van der Waals surface area (Å²) in [5.41, 5.74) is 0.171. The molecule has 0 saturated heterocycles. The van der Waals surface area contributed by atoms with Gasteiger partial charge in [0.05, 0.1) is 21.5 Å². The number of nitrogens with one attached hydrogen (secondary N) is 2. The molecule has 0 saturated carbocycles. The zero-order valence-electron chi connectivity index (χ0n) is 11.0. The Balaban J connectivity index is 2.63. The van der Waals surface area contributed by atoms with Gasteiger partial charge in [0, 0.05) is 5.02 Å². The molecule has 0 aliphatic heterocycles. The van der Waals surface area contributed by atoms with Gasteiger partial charge in [0.15, 0.2) is 0 Å². The molecule has 0 aliphatic carbocycles. The smallest absolute Gasteiger partial charge is 0.232 e. The Bertz CT molecular complexity index is 527. The summed E-state index contributed by atoms with van der Waals surface area (Å²) >= 11 is 17.6. The minimum absolute atomic E-state index is 0.0215. The number of hydrogen-bond acceptors (Lipinski definition) is 3. The molecule has 0 fully saturated rings. The molecular weight excluding hydrogens is 343 g/mol. The summed E-state index contributed by atoms with van der Waals surface area (Å²) in [6, 6.07) is 2.88. The van der Waals surface area contributed by atoms with Crippen LogP contribution in [0.3, 0.4) is 0 Å². The lowest BCUT2D eigenvalue weighted by atomic mass is 10.3. The average molecular weight is 360 g/mol. The molecule has 0 unspecified atom stereocenters. The standard InChI is InChI=1S/C12H17Cl3N2O2S/c1-2-16-5-3-4-6-20(18,19)17-12-10(14)7-9(13)8-11(12)15/h7-8,16-17H,2-6H2,1H3. The van der Waals surface area contributed by atoms with Gasteiger partial charge in [-0.05, 0) is 38.1 Å². The van der Waals surface area contributed by atoms with Crippen LogP contribution in [0.2, 0.25) is 15.1 Å². The van der Waals surface area contributed by atoms with Gasteiger partial charge in [-0.3, -0.25) is 4.72 Å². The molecule has 0 aliphatic rings. The van der Waals surface area contributed by atoms with Crippen molar-refractivity contribution in [3.05, 3.63) is 27.2 Å². The highest BCUT2D eigenvalue weighted by Gasteiger charge is 2.15. The van der Waals surface area contributed by atoms with Gasteiger partial charge < -0.3 is 5.32 Å². The van der Waals surface area contributed by atoms with Gasteiger partial charge in [0.1, 0.15) is 0 Å². The van der Waals surface area contributed by atoms with E-state index in [2.05, 4.69) is 10.0 Å². The van der Waals surface area contributed by atoms with Crippen molar-refractivity contribution in [2.75, 3.05) is 23.6 Å². The van der Waals surface area contributed by atoms with Crippen molar-refractivity contribution < 1.29 is 8.42 Å². The molecule has 1 aromatic carbocycles. The van der Waals surface area contributed by atoms with E-state index in [1.54, 1.807) is 0 Å². The first-order valence-corrected chi connectivity index (χ1v) is 9.00. The van der Waals surface area contributed by atoms with Crippen LogP contribution in [-0.4, -0.2) is 27.3 Å². The van der Waals surface area contributed by atoms with Crippen LogP contribution in [0.1, 0.15) is 19.8 Å². The van der Waals surface area contributed by atoms with Crippen molar-refractivity contribution >= 4 is 50.5 Å². The highest BCUT2D eigenvalue weighted by atomic mass is 35.5. The van der Waals surface area contributed by atoms with Crippen LogP contribution in [0, 0.1) is 0 Å². The van der Waals surface area contributed by atoms with E-state index in [4.69, 9.17) is 34.8 Å². The summed E-state index contributed by atoms with van der Waals surface area (Å²) in [5, 5.41) is 3.85. The largest absolute Gasteiger partial charge is 0.317 e. The van der Waals surface area contributed by atoms with Gasteiger partial charge in [-0.25, -0.2) is 8.42 Å². The minimum Gasteiger partial charge on any atom is -0.317 e. The van der Waals surface area contributed by atoms with Crippen molar-refractivity contribution in [1.29, 1.82) is 0 Å². The zero-order valence-corrected chi connectivity index (χ0v) is 14.1. The maximum atomic E-state index is 11.9. The summed E-state index contributed by atoms with van der Waals surface area (Å²) < 4.78 is 26.3. The Kier molecular flexibility index (Phi) is 7.40. The molecule has 1 rings (SSSR count). The highest BCUT2D eigenvalue weighted by Crippen LogP contribution is 2.34. The minimum atomic E-state index is -3.47. The van der Waals surface area contributed by atoms with Crippen LogP contribution in [-0.2, 0) is 10.0 Å². The first kappa shape index (κ1) is 17.9. The molecule has 0 amide bonds. The van der Waals surface area contributed by atoms with Crippen molar-refractivity contribution in [1.82, 2.24) is 5.32 Å². The first-order valence-electron chi connectivity index (χ1n) is 6.21. The van der Waals surface area contributed by atoms with Crippen molar-refractivity contribution in [2.45, 2.75) is 19.8 Å². The van der Waals surface area contributed by atoms with E-state index in [-0.39, 0.29) is 21.5 Å². The van der Waals surface area contributed by atoms with E-state index in [9.17, 15) is 8.42 Å². The third-order valence-electron chi connectivity index (χ3n) is 2.53. The lowest BCUT2D eigenvalue weighted by molar-refractivity contribution is 0.593. The quantitative estimate of drug-likeness (QED) is 0.694. The van der Waals surface area contributed by atoms with Gasteiger partial charge in [-0.15, -0.1) is 0 Å². The SMILES string of the molecule is CCNCCCCS(=O)(=O)Nc1c(Cl)cc(Cl)cc1Cl. The Morgan fingerprint density at radius 3 is 2.25 bits per heavy atom. The average Bonchev–Trinajstić information content (AvgIpc) is 2.33. The van der Waals surface area contributed by atoms with E-state index >= 15 is 0 Å². The summed E-state index contributed by atoms with van der Waals surface area (Å²) in [7, 11) is -3.47. The van der Waals surface area contributed by atoms with E-state index in [1.165, 1.54) is 12.1 Å². The van der Waals surface area contributed by atoms with Crippen LogP contribution < -0.4 is 10.0 Å². The monoisotopic (exact) mass is 358 g/mol. The van der Waals surface area contributed by atoms with Crippen LogP contribution in [0.4, 0.5) is 5.69 Å². The maximum absolute atomic E-state index is 11.9. The van der Waals surface area contributed by atoms with Crippen molar-refractivity contribution in [3.63, 3.8) is 0 Å². The predicted molar refractivity (Wildman–Crippen MR) is 86.7 cm³/mol. The summed E-state index contributed by atoms with van der Waals surface area (Å²) in [6.45, 7) is 3.68.